The minimum atomic E-state index is -0.114. The van der Waals surface area contributed by atoms with Crippen LogP contribution in [0.2, 0.25) is 0 Å². The van der Waals surface area contributed by atoms with Crippen molar-refractivity contribution < 1.29 is 9.90 Å². The minimum absolute atomic E-state index is 0.0603. The minimum Gasteiger partial charge on any atom is -0.395 e. The fourth-order valence-corrected chi connectivity index (χ4v) is 2.95. The Hall–Kier alpha value is -1.40. The van der Waals surface area contributed by atoms with Crippen LogP contribution in [-0.4, -0.2) is 58.0 Å². The predicted molar refractivity (Wildman–Crippen MR) is 90.5 cm³/mol. The zero-order chi connectivity index (χ0) is 16.9. The van der Waals surface area contributed by atoms with Crippen LogP contribution in [0, 0.1) is 0 Å². The Balaban J connectivity index is 1.66. The molecule has 1 aliphatic heterocycles. The summed E-state index contributed by atoms with van der Waals surface area (Å²) in [6.07, 6.45) is 7.69. The summed E-state index contributed by atoms with van der Waals surface area (Å²) >= 11 is 0. The standard InChI is InChI=1S/C17H30N4O2/c1-17(2,3)21-12-14(11-19-21)16(23)18-8-4-5-9-20-10-6-7-15(20)13-22/h11-12,15,22H,4-10,13H2,1-3H3,(H,18,23). The molecule has 2 heterocycles. The molecule has 1 unspecified atom stereocenters. The molecule has 23 heavy (non-hydrogen) atoms. The monoisotopic (exact) mass is 322 g/mol. The molecular formula is C17H30N4O2. The molecule has 1 aromatic heterocycles. The van der Waals surface area contributed by atoms with E-state index in [1.165, 1.54) is 6.42 Å². The lowest BCUT2D eigenvalue weighted by molar-refractivity contribution is 0.0952. The Bertz CT molecular complexity index is 507. The van der Waals surface area contributed by atoms with Gasteiger partial charge in [0.15, 0.2) is 0 Å². The summed E-state index contributed by atoms with van der Waals surface area (Å²) in [6.45, 7) is 9.19. The van der Waals surface area contributed by atoms with Crippen molar-refractivity contribution in [2.24, 2.45) is 0 Å². The lowest BCUT2D eigenvalue weighted by atomic mass is 10.1. The molecule has 0 aromatic carbocycles. The van der Waals surface area contributed by atoms with E-state index in [4.69, 9.17) is 0 Å². The molecule has 1 saturated heterocycles. The largest absolute Gasteiger partial charge is 0.395 e. The summed E-state index contributed by atoms with van der Waals surface area (Å²) in [6, 6.07) is 0.341. The number of likely N-dealkylation sites (tertiary alicyclic amines) is 1. The van der Waals surface area contributed by atoms with Gasteiger partial charge >= 0.3 is 0 Å². The predicted octanol–water partition coefficient (Wildman–Crippen LogP) is 1.60. The first-order valence-electron chi connectivity index (χ1n) is 8.60. The van der Waals surface area contributed by atoms with Crippen molar-refractivity contribution in [3.05, 3.63) is 18.0 Å². The number of aliphatic hydroxyl groups excluding tert-OH is 1. The fourth-order valence-electron chi connectivity index (χ4n) is 2.95. The van der Waals surface area contributed by atoms with Gasteiger partial charge in [-0.3, -0.25) is 14.4 Å². The molecule has 1 aromatic rings. The number of amides is 1. The van der Waals surface area contributed by atoms with E-state index in [0.717, 1.165) is 32.4 Å². The van der Waals surface area contributed by atoms with Crippen LogP contribution in [0.25, 0.3) is 0 Å². The van der Waals surface area contributed by atoms with E-state index in [9.17, 15) is 9.90 Å². The van der Waals surface area contributed by atoms with E-state index in [1.54, 1.807) is 12.4 Å². The quantitative estimate of drug-likeness (QED) is 0.748. The van der Waals surface area contributed by atoms with Crippen LogP contribution >= 0.6 is 0 Å². The van der Waals surface area contributed by atoms with Crippen LogP contribution in [-0.2, 0) is 5.54 Å². The van der Waals surface area contributed by atoms with E-state index in [1.807, 2.05) is 4.68 Å². The second-order valence-corrected chi connectivity index (χ2v) is 7.32. The number of unbranched alkanes of at least 4 members (excludes halogenated alkanes) is 1. The highest BCUT2D eigenvalue weighted by Gasteiger charge is 2.22. The van der Waals surface area contributed by atoms with Crippen LogP contribution in [0.5, 0.6) is 0 Å². The molecule has 6 nitrogen and oxygen atoms in total. The zero-order valence-corrected chi connectivity index (χ0v) is 14.6. The highest BCUT2D eigenvalue weighted by Crippen LogP contribution is 2.17. The second-order valence-electron chi connectivity index (χ2n) is 7.32. The third kappa shape index (κ3) is 5.04. The molecule has 2 N–H and O–H groups in total. The van der Waals surface area contributed by atoms with Crippen molar-refractivity contribution in [1.29, 1.82) is 0 Å². The van der Waals surface area contributed by atoms with Crippen molar-refractivity contribution in [3.8, 4) is 0 Å². The van der Waals surface area contributed by atoms with Crippen LogP contribution < -0.4 is 5.32 Å². The van der Waals surface area contributed by atoms with Gasteiger partial charge in [0.2, 0.25) is 0 Å². The summed E-state index contributed by atoms with van der Waals surface area (Å²) in [5.41, 5.74) is 0.497. The molecule has 1 amide bonds. The summed E-state index contributed by atoms with van der Waals surface area (Å²) < 4.78 is 1.81. The van der Waals surface area contributed by atoms with Gasteiger partial charge in [-0.2, -0.15) is 5.10 Å². The molecular weight excluding hydrogens is 292 g/mol. The lowest BCUT2D eigenvalue weighted by Gasteiger charge is -2.22. The average Bonchev–Trinajstić information content (AvgIpc) is 3.15. The topological polar surface area (TPSA) is 70.4 Å². The third-order valence-corrected chi connectivity index (χ3v) is 4.40. The Morgan fingerprint density at radius 1 is 1.43 bits per heavy atom. The molecule has 0 saturated carbocycles. The first-order valence-corrected chi connectivity index (χ1v) is 8.60. The summed E-state index contributed by atoms with van der Waals surface area (Å²) in [5, 5.41) is 16.5. The zero-order valence-electron chi connectivity index (χ0n) is 14.6. The first-order chi connectivity index (χ1) is 10.9. The Kier molecular flexibility index (Phi) is 6.18. The van der Waals surface area contributed by atoms with Gasteiger partial charge in [0.1, 0.15) is 0 Å². The number of hydrogen-bond donors (Lipinski definition) is 2. The number of nitrogens with zero attached hydrogens (tertiary/aromatic N) is 3. The molecule has 6 heteroatoms. The summed E-state index contributed by atoms with van der Waals surface area (Å²) in [4.78, 5) is 14.5. The van der Waals surface area contributed by atoms with E-state index >= 15 is 0 Å². The van der Waals surface area contributed by atoms with Crippen LogP contribution in [0.1, 0.15) is 56.8 Å². The number of aliphatic hydroxyl groups is 1. The van der Waals surface area contributed by atoms with Crippen molar-refractivity contribution in [2.75, 3.05) is 26.2 Å². The molecule has 130 valence electrons. The molecule has 1 fully saturated rings. The van der Waals surface area contributed by atoms with Crippen molar-refractivity contribution >= 4 is 5.91 Å². The number of rotatable bonds is 7. The highest BCUT2D eigenvalue weighted by atomic mass is 16.3. The van der Waals surface area contributed by atoms with Gasteiger partial charge in [-0.15, -0.1) is 0 Å². The summed E-state index contributed by atoms with van der Waals surface area (Å²) in [5.74, 6) is -0.0603. The SMILES string of the molecule is CC(C)(C)n1cc(C(=O)NCCCCN2CCCC2CO)cn1. The van der Waals surface area contributed by atoms with Crippen LogP contribution in [0.15, 0.2) is 12.4 Å². The van der Waals surface area contributed by atoms with Crippen LogP contribution in [0.3, 0.4) is 0 Å². The Labute approximate surface area is 138 Å². The molecule has 0 radical (unpaired) electrons. The van der Waals surface area contributed by atoms with Gasteiger partial charge in [0, 0.05) is 18.8 Å². The van der Waals surface area contributed by atoms with Gasteiger partial charge in [-0.05, 0) is 59.5 Å². The number of aromatic nitrogens is 2. The maximum atomic E-state index is 12.1. The average molecular weight is 322 g/mol. The number of hydrogen-bond acceptors (Lipinski definition) is 4. The lowest BCUT2D eigenvalue weighted by Crippen LogP contribution is -2.33. The van der Waals surface area contributed by atoms with Gasteiger partial charge in [-0.1, -0.05) is 0 Å². The van der Waals surface area contributed by atoms with Gasteiger partial charge < -0.3 is 10.4 Å². The highest BCUT2D eigenvalue weighted by molar-refractivity contribution is 5.93. The molecule has 2 rings (SSSR count). The van der Waals surface area contributed by atoms with E-state index in [0.29, 0.717) is 18.2 Å². The molecule has 0 aliphatic carbocycles. The van der Waals surface area contributed by atoms with Gasteiger partial charge in [-0.25, -0.2) is 0 Å². The van der Waals surface area contributed by atoms with Crippen molar-refractivity contribution in [3.63, 3.8) is 0 Å². The van der Waals surface area contributed by atoms with E-state index in [2.05, 4.69) is 36.1 Å². The molecule has 1 atom stereocenters. The number of nitrogens with one attached hydrogen (secondary N) is 1. The van der Waals surface area contributed by atoms with Crippen molar-refractivity contribution in [1.82, 2.24) is 20.0 Å². The molecule has 0 bridgehead atoms. The maximum absolute atomic E-state index is 12.1. The van der Waals surface area contributed by atoms with Crippen LogP contribution in [0.4, 0.5) is 0 Å². The second kappa shape index (κ2) is 7.93. The third-order valence-electron chi connectivity index (χ3n) is 4.40. The van der Waals surface area contributed by atoms with E-state index < -0.39 is 0 Å². The van der Waals surface area contributed by atoms with Gasteiger partial charge in [0.05, 0.1) is 23.9 Å². The smallest absolute Gasteiger partial charge is 0.254 e. The number of carbonyl (C=O) groups is 1. The number of carbonyl (C=O) groups excluding carboxylic acids is 1. The fraction of sp³-hybridized carbons (Fsp3) is 0.765. The van der Waals surface area contributed by atoms with Gasteiger partial charge in [0.25, 0.3) is 5.91 Å². The van der Waals surface area contributed by atoms with E-state index in [-0.39, 0.29) is 18.1 Å². The summed E-state index contributed by atoms with van der Waals surface area (Å²) in [7, 11) is 0. The Morgan fingerprint density at radius 2 is 2.22 bits per heavy atom. The van der Waals surface area contributed by atoms with Crippen molar-refractivity contribution in [2.45, 2.75) is 58.0 Å². The molecule has 0 spiro atoms. The molecule has 1 aliphatic rings. The maximum Gasteiger partial charge on any atom is 0.254 e. The Morgan fingerprint density at radius 3 is 2.87 bits per heavy atom. The normalized spacial score (nSPS) is 19.2. The first kappa shape index (κ1) is 17.9.